The highest BCUT2D eigenvalue weighted by atomic mass is 32.1. The molecule has 0 unspecified atom stereocenters. The van der Waals surface area contributed by atoms with Gasteiger partial charge in [0.25, 0.3) is 5.91 Å². The van der Waals surface area contributed by atoms with Crippen molar-refractivity contribution in [3.05, 3.63) is 65.5 Å². The van der Waals surface area contributed by atoms with Crippen LogP contribution >= 0.6 is 12.2 Å². The normalized spacial score (nSPS) is 15.1. The Morgan fingerprint density at radius 2 is 1.69 bits per heavy atom. The number of anilines is 1. The summed E-state index contributed by atoms with van der Waals surface area (Å²) in [5, 5.41) is 15.2. The van der Waals surface area contributed by atoms with E-state index in [9.17, 15) is 14.4 Å². The van der Waals surface area contributed by atoms with E-state index in [0.717, 1.165) is 36.9 Å². The maximum Gasteiger partial charge on any atom is 0.257 e. The molecule has 1 aliphatic carbocycles. The number of nitrogens with zero attached hydrogens (tertiary/aromatic N) is 1. The van der Waals surface area contributed by atoms with Crippen LogP contribution in [0.5, 0.6) is 0 Å². The summed E-state index contributed by atoms with van der Waals surface area (Å²) in [5.74, 6) is -0.812. The number of nitriles is 1. The predicted molar refractivity (Wildman–Crippen MR) is 102 cm³/mol. The molecule has 1 aliphatic rings. The van der Waals surface area contributed by atoms with Crippen molar-refractivity contribution in [2.75, 3.05) is 5.32 Å². The molecule has 0 atom stereocenters. The van der Waals surface area contributed by atoms with Crippen LogP contribution in [0.2, 0.25) is 0 Å². The Balaban J connectivity index is 1.62. The monoisotopic (exact) mass is 367 g/mol. The van der Waals surface area contributed by atoms with Crippen molar-refractivity contribution in [2.45, 2.75) is 31.1 Å². The van der Waals surface area contributed by atoms with Gasteiger partial charge in [-0.05, 0) is 67.0 Å². The van der Waals surface area contributed by atoms with Gasteiger partial charge < -0.3 is 5.32 Å². The molecular weight excluding hydrogens is 349 g/mol. The van der Waals surface area contributed by atoms with Crippen molar-refractivity contribution in [2.24, 2.45) is 0 Å². The highest BCUT2D eigenvalue weighted by Gasteiger charge is 2.35. The van der Waals surface area contributed by atoms with Crippen LogP contribution in [0.4, 0.5) is 10.1 Å². The molecule has 0 aliphatic heterocycles. The van der Waals surface area contributed by atoms with Crippen molar-refractivity contribution in [3.63, 3.8) is 0 Å². The number of amides is 1. The van der Waals surface area contributed by atoms with Gasteiger partial charge in [-0.3, -0.25) is 10.1 Å². The lowest BCUT2D eigenvalue weighted by Gasteiger charge is -2.21. The Morgan fingerprint density at radius 1 is 1.08 bits per heavy atom. The molecule has 1 amide bonds. The van der Waals surface area contributed by atoms with E-state index in [2.05, 4.69) is 16.7 Å². The van der Waals surface area contributed by atoms with E-state index < -0.39 is 11.7 Å². The molecule has 0 spiro atoms. The first kappa shape index (κ1) is 18.0. The number of hydrogen-bond donors (Lipinski definition) is 2. The molecule has 6 heteroatoms. The summed E-state index contributed by atoms with van der Waals surface area (Å²) < 4.78 is 12.9. The second-order valence-electron chi connectivity index (χ2n) is 6.39. The quantitative estimate of drug-likeness (QED) is 0.795. The van der Waals surface area contributed by atoms with Gasteiger partial charge in [0, 0.05) is 11.3 Å². The maximum absolute atomic E-state index is 12.9. The first-order valence-electron chi connectivity index (χ1n) is 8.42. The molecule has 132 valence electrons. The summed E-state index contributed by atoms with van der Waals surface area (Å²) >= 11 is 5.15. The van der Waals surface area contributed by atoms with E-state index in [-0.39, 0.29) is 10.5 Å². The molecule has 2 N–H and O–H groups in total. The Morgan fingerprint density at radius 3 is 2.27 bits per heavy atom. The SMILES string of the molecule is N#CC1(c2ccc(NC(=S)NC(=O)c3ccc(F)cc3)cc2)CCCC1. The Kier molecular flexibility index (Phi) is 5.29. The zero-order valence-electron chi connectivity index (χ0n) is 14.1. The van der Waals surface area contributed by atoms with Crippen LogP contribution in [0.3, 0.4) is 0 Å². The summed E-state index contributed by atoms with van der Waals surface area (Å²) in [7, 11) is 0. The first-order chi connectivity index (χ1) is 12.5. The van der Waals surface area contributed by atoms with Gasteiger partial charge in [-0.25, -0.2) is 4.39 Å². The summed E-state index contributed by atoms with van der Waals surface area (Å²) in [6.45, 7) is 0. The fourth-order valence-corrected chi connectivity index (χ4v) is 3.47. The number of hydrogen-bond acceptors (Lipinski definition) is 3. The molecule has 4 nitrogen and oxygen atoms in total. The highest BCUT2D eigenvalue weighted by Crippen LogP contribution is 2.40. The molecule has 0 heterocycles. The number of carbonyl (C=O) groups is 1. The maximum atomic E-state index is 12.9. The standard InChI is InChI=1S/C20H18FN3OS/c21-16-7-3-14(4-8-16)18(25)24-19(26)23-17-9-5-15(6-10-17)20(13-22)11-1-2-12-20/h3-10H,1-2,11-12H2,(H2,23,24,25,26). The van der Waals surface area contributed by atoms with Crippen molar-refractivity contribution in [1.82, 2.24) is 5.32 Å². The third-order valence-corrected chi connectivity index (χ3v) is 4.90. The molecular formula is C20H18FN3OS. The van der Waals surface area contributed by atoms with Crippen LogP contribution < -0.4 is 10.6 Å². The number of rotatable bonds is 3. The molecule has 0 radical (unpaired) electrons. The van der Waals surface area contributed by atoms with E-state index >= 15 is 0 Å². The number of carbonyl (C=O) groups excluding carboxylic acids is 1. The zero-order chi connectivity index (χ0) is 18.6. The second-order valence-corrected chi connectivity index (χ2v) is 6.80. The third-order valence-electron chi connectivity index (χ3n) is 4.70. The minimum absolute atomic E-state index is 0.155. The van der Waals surface area contributed by atoms with Gasteiger partial charge in [0.15, 0.2) is 5.11 Å². The van der Waals surface area contributed by atoms with Crippen molar-refractivity contribution >= 4 is 28.9 Å². The summed E-state index contributed by atoms with van der Waals surface area (Å²) in [6.07, 6.45) is 3.94. The minimum atomic E-state index is -0.409. The van der Waals surface area contributed by atoms with Gasteiger partial charge in [-0.1, -0.05) is 25.0 Å². The molecule has 0 aromatic heterocycles. The van der Waals surface area contributed by atoms with Gasteiger partial charge >= 0.3 is 0 Å². The van der Waals surface area contributed by atoms with Crippen LogP contribution in [0.15, 0.2) is 48.5 Å². The van der Waals surface area contributed by atoms with Gasteiger partial charge in [0.05, 0.1) is 11.5 Å². The Bertz CT molecular complexity index is 850. The van der Waals surface area contributed by atoms with Crippen LogP contribution in [0, 0.1) is 17.1 Å². The average molecular weight is 367 g/mol. The van der Waals surface area contributed by atoms with Crippen LogP contribution in [0.25, 0.3) is 0 Å². The Labute approximate surface area is 157 Å². The highest BCUT2D eigenvalue weighted by molar-refractivity contribution is 7.80. The molecule has 1 fully saturated rings. The summed E-state index contributed by atoms with van der Waals surface area (Å²) in [5.41, 5.74) is 1.69. The molecule has 0 saturated heterocycles. The molecule has 1 saturated carbocycles. The van der Waals surface area contributed by atoms with Gasteiger partial charge in [-0.15, -0.1) is 0 Å². The molecule has 3 rings (SSSR count). The van der Waals surface area contributed by atoms with E-state index in [1.54, 1.807) is 0 Å². The zero-order valence-corrected chi connectivity index (χ0v) is 14.9. The van der Waals surface area contributed by atoms with Crippen molar-refractivity contribution in [1.29, 1.82) is 5.26 Å². The lowest BCUT2D eigenvalue weighted by atomic mass is 9.80. The molecule has 26 heavy (non-hydrogen) atoms. The second kappa shape index (κ2) is 7.63. The average Bonchev–Trinajstić information content (AvgIpc) is 3.13. The van der Waals surface area contributed by atoms with Gasteiger partial charge in [0.1, 0.15) is 5.82 Å². The first-order valence-corrected chi connectivity index (χ1v) is 8.83. The number of nitrogens with one attached hydrogen (secondary N) is 2. The third kappa shape index (κ3) is 3.89. The van der Waals surface area contributed by atoms with Crippen molar-refractivity contribution < 1.29 is 9.18 Å². The summed E-state index contributed by atoms with van der Waals surface area (Å²) in [6, 6.07) is 15.3. The van der Waals surface area contributed by atoms with Crippen molar-refractivity contribution in [3.8, 4) is 6.07 Å². The lowest BCUT2D eigenvalue weighted by molar-refractivity contribution is 0.0977. The number of benzene rings is 2. The summed E-state index contributed by atoms with van der Waals surface area (Å²) in [4.78, 5) is 12.1. The largest absolute Gasteiger partial charge is 0.332 e. The number of thiocarbonyl (C=S) groups is 1. The van der Waals surface area contributed by atoms with E-state index in [1.165, 1.54) is 24.3 Å². The molecule has 2 aromatic rings. The fraction of sp³-hybridized carbons (Fsp3) is 0.250. The molecule has 2 aromatic carbocycles. The molecule has 0 bridgehead atoms. The number of halogens is 1. The minimum Gasteiger partial charge on any atom is -0.332 e. The topological polar surface area (TPSA) is 64.9 Å². The van der Waals surface area contributed by atoms with Gasteiger partial charge in [-0.2, -0.15) is 5.26 Å². The smallest absolute Gasteiger partial charge is 0.257 e. The van der Waals surface area contributed by atoms with Crippen LogP contribution in [-0.2, 0) is 5.41 Å². The lowest BCUT2D eigenvalue weighted by Crippen LogP contribution is -2.34. The predicted octanol–water partition coefficient (Wildman–Crippen LogP) is 4.29. The van der Waals surface area contributed by atoms with E-state index in [4.69, 9.17) is 12.2 Å². The van der Waals surface area contributed by atoms with E-state index in [0.29, 0.717) is 5.56 Å². The van der Waals surface area contributed by atoms with Crippen LogP contribution in [0.1, 0.15) is 41.6 Å². The Hall–Kier alpha value is -2.78. The van der Waals surface area contributed by atoms with E-state index in [1.807, 2.05) is 24.3 Å². The van der Waals surface area contributed by atoms with Gasteiger partial charge in [0.2, 0.25) is 0 Å². The van der Waals surface area contributed by atoms with Crippen LogP contribution in [-0.4, -0.2) is 11.0 Å². The fourth-order valence-electron chi connectivity index (χ4n) is 3.26.